The van der Waals surface area contributed by atoms with Gasteiger partial charge in [0.2, 0.25) is 5.91 Å². The van der Waals surface area contributed by atoms with Gasteiger partial charge in [0.05, 0.1) is 6.04 Å². The van der Waals surface area contributed by atoms with Gasteiger partial charge in [0.25, 0.3) is 0 Å². The molecule has 0 aromatic heterocycles. The maximum atomic E-state index is 11.6. The Morgan fingerprint density at radius 2 is 1.88 bits per heavy atom. The standard InChI is InChI=1S/C12H26N2O2/c1-10(2)9-14-12(16)11(3)13-7-5-4-6-8-15/h10-11,13,15H,4-9H2,1-3H3,(H,14,16). The average Bonchev–Trinajstić information content (AvgIpc) is 2.25. The third kappa shape index (κ3) is 8.68. The molecular weight excluding hydrogens is 204 g/mol. The number of hydrogen-bond acceptors (Lipinski definition) is 3. The van der Waals surface area contributed by atoms with E-state index in [1.165, 1.54) is 0 Å². The van der Waals surface area contributed by atoms with E-state index >= 15 is 0 Å². The number of aliphatic hydroxyl groups is 1. The zero-order valence-corrected chi connectivity index (χ0v) is 10.8. The zero-order valence-electron chi connectivity index (χ0n) is 10.8. The van der Waals surface area contributed by atoms with Crippen LogP contribution in [0.25, 0.3) is 0 Å². The molecule has 0 rings (SSSR count). The van der Waals surface area contributed by atoms with Crippen molar-refractivity contribution in [1.82, 2.24) is 10.6 Å². The Hall–Kier alpha value is -0.610. The zero-order chi connectivity index (χ0) is 12.4. The number of carbonyl (C=O) groups excluding carboxylic acids is 1. The molecule has 16 heavy (non-hydrogen) atoms. The molecule has 0 aromatic carbocycles. The first-order chi connectivity index (χ1) is 7.57. The van der Waals surface area contributed by atoms with Crippen molar-refractivity contribution in [2.24, 2.45) is 5.92 Å². The second-order valence-corrected chi connectivity index (χ2v) is 4.60. The summed E-state index contributed by atoms with van der Waals surface area (Å²) >= 11 is 0. The van der Waals surface area contributed by atoms with Gasteiger partial charge in [0.1, 0.15) is 0 Å². The fraction of sp³-hybridized carbons (Fsp3) is 0.917. The highest BCUT2D eigenvalue weighted by atomic mass is 16.2. The Morgan fingerprint density at radius 1 is 1.19 bits per heavy atom. The molecular formula is C12H26N2O2. The first-order valence-corrected chi connectivity index (χ1v) is 6.20. The van der Waals surface area contributed by atoms with Crippen LogP contribution in [0, 0.1) is 5.92 Å². The lowest BCUT2D eigenvalue weighted by Gasteiger charge is -2.14. The van der Waals surface area contributed by atoms with Gasteiger partial charge in [-0.1, -0.05) is 13.8 Å². The summed E-state index contributed by atoms with van der Waals surface area (Å²) in [5.74, 6) is 0.552. The fourth-order valence-electron chi connectivity index (χ4n) is 1.28. The van der Waals surface area contributed by atoms with E-state index in [2.05, 4.69) is 24.5 Å². The number of aliphatic hydroxyl groups excluding tert-OH is 1. The van der Waals surface area contributed by atoms with Gasteiger partial charge in [-0.3, -0.25) is 4.79 Å². The summed E-state index contributed by atoms with van der Waals surface area (Å²) in [6, 6.07) is -0.132. The molecule has 96 valence electrons. The second kappa shape index (κ2) is 9.60. The largest absolute Gasteiger partial charge is 0.396 e. The van der Waals surface area contributed by atoms with Gasteiger partial charge in [0.15, 0.2) is 0 Å². The minimum atomic E-state index is -0.132. The highest BCUT2D eigenvalue weighted by Gasteiger charge is 2.11. The van der Waals surface area contributed by atoms with Crippen molar-refractivity contribution in [3.63, 3.8) is 0 Å². The van der Waals surface area contributed by atoms with E-state index in [-0.39, 0.29) is 18.6 Å². The van der Waals surface area contributed by atoms with E-state index < -0.39 is 0 Å². The molecule has 0 saturated carbocycles. The van der Waals surface area contributed by atoms with E-state index in [0.29, 0.717) is 5.92 Å². The fourth-order valence-corrected chi connectivity index (χ4v) is 1.28. The Balaban J connectivity index is 3.47. The van der Waals surface area contributed by atoms with Gasteiger partial charge in [-0.2, -0.15) is 0 Å². The summed E-state index contributed by atoms with van der Waals surface area (Å²) in [6.07, 6.45) is 2.85. The van der Waals surface area contributed by atoms with Crippen LogP contribution in [0.2, 0.25) is 0 Å². The quantitative estimate of drug-likeness (QED) is 0.516. The molecule has 0 spiro atoms. The summed E-state index contributed by atoms with van der Waals surface area (Å²) in [5, 5.41) is 14.7. The number of nitrogens with one attached hydrogen (secondary N) is 2. The van der Waals surface area contributed by atoms with E-state index in [4.69, 9.17) is 5.11 Å². The molecule has 0 aliphatic heterocycles. The van der Waals surface area contributed by atoms with Crippen molar-refractivity contribution in [1.29, 1.82) is 0 Å². The number of unbranched alkanes of at least 4 members (excludes halogenated alkanes) is 2. The summed E-state index contributed by atoms with van der Waals surface area (Å²) in [7, 11) is 0. The normalized spacial score (nSPS) is 12.8. The van der Waals surface area contributed by atoms with Gasteiger partial charge in [0, 0.05) is 13.2 Å². The van der Waals surface area contributed by atoms with Crippen molar-refractivity contribution in [2.45, 2.75) is 46.1 Å². The van der Waals surface area contributed by atoms with Crippen LogP contribution in [-0.2, 0) is 4.79 Å². The molecule has 0 fully saturated rings. The van der Waals surface area contributed by atoms with E-state index in [9.17, 15) is 4.79 Å². The molecule has 1 unspecified atom stereocenters. The van der Waals surface area contributed by atoms with Crippen LogP contribution in [0.15, 0.2) is 0 Å². The Bertz CT molecular complexity index is 184. The molecule has 4 heteroatoms. The number of hydrogen-bond donors (Lipinski definition) is 3. The smallest absolute Gasteiger partial charge is 0.236 e. The van der Waals surface area contributed by atoms with Gasteiger partial charge in [-0.25, -0.2) is 0 Å². The SMILES string of the molecule is CC(C)CNC(=O)C(C)NCCCCCO. The number of carbonyl (C=O) groups is 1. The van der Waals surface area contributed by atoms with E-state index in [1.54, 1.807) is 0 Å². The van der Waals surface area contributed by atoms with Crippen LogP contribution in [0.1, 0.15) is 40.0 Å². The molecule has 0 radical (unpaired) electrons. The van der Waals surface area contributed by atoms with E-state index in [1.807, 2.05) is 6.92 Å². The molecule has 0 aliphatic carbocycles. The lowest BCUT2D eigenvalue weighted by Crippen LogP contribution is -2.43. The topological polar surface area (TPSA) is 61.4 Å². The maximum Gasteiger partial charge on any atom is 0.236 e. The summed E-state index contributed by atoms with van der Waals surface area (Å²) < 4.78 is 0. The van der Waals surface area contributed by atoms with Gasteiger partial charge in [-0.05, 0) is 38.6 Å². The van der Waals surface area contributed by atoms with Crippen molar-refractivity contribution in [3.8, 4) is 0 Å². The average molecular weight is 230 g/mol. The summed E-state index contributed by atoms with van der Waals surface area (Å²) in [6.45, 7) is 7.85. The molecule has 0 heterocycles. The van der Waals surface area contributed by atoms with Crippen LogP contribution in [0.3, 0.4) is 0 Å². The van der Waals surface area contributed by atoms with Gasteiger partial charge >= 0.3 is 0 Å². The van der Waals surface area contributed by atoms with Crippen LogP contribution in [-0.4, -0.2) is 36.8 Å². The number of amides is 1. The predicted octanol–water partition coefficient (Wildman–Crippen LogP) is 0.899. The molecule has 3 N–H and O–H groups in total. The summed E-state index contributed by atoms with van der Waals surface area (Å²) in [4.78, 5) is 11.6. The number of rotatable bonds is 9. The molecule has 1 amide bonds. The van der Waals surface area contributed by atoms with E-state index in [0.717, 1.165) is 32.4 Å². The lowest BCUT2D eigenvalue weighted by atomic mass is 10.2. The van der Waals surface area contributed by atoms with Crippen molar-refractivity contribution in [2.75, 3.05) is 19.7 Å². The summed E-state index contributed by atoms with van der Waals surface area (Å²) in [5.41, 5.74) is 0. The first-order valence-electron chi connectivity index (χ1n) is 6.20. The van der Waals surface area contributed by atoms with Gasteiger partial charge in [-0.15, -0.1) is 0 Å². The second-order valence-electron chi connectivity index (χ2n) is 4.60. The predicted molar refractivity (Wildman–Crippen MR) is 66.2 cm³/mol. The van der Waals surface area contributed by atoms with Gasteiger partial charge < -0.3 is 15.7 Å². The van der Waals surface area contributed by atoms with Crippen LogP contribution < -0.4 is 10.6 Å². The minimum absolute atomic E-state index is 0.0656. The highest BCUT2D eigenvalue weighted by Crippen LogP contribution is 1.93. The van der Waals surface area contributed by atoms with Crippen molar-refractivity contribution >= 4 is 5.91 Å². The first kappa shape index (κ1) is 15.4. The molecule has 1 atom stereocenters. The van der Waals surface area contributed by atoms with Crippen LogP contribution in [0.5, 0.6) is 0 Å². The lowest BCUT2D eigenvalue weighted by molar-refractivity contribution is -0.122. The minimum Gasteiger partial charge on any atom is -0.396 e. The molecule has 0 aromatic rings. The monoisotopic (exact) mass is 230 g/mol. The molecule has 0 saturated heterocycles. The highest BCUT2D eigenvalue weighted by molar-refractivity contribution is 5.81. The molecule has 0 bridgehead atoms. The Labute approximate surface area is 98.8 Å². The van der Waals surface area contributed by atoms with Crippen LogP contribution >= 0.6 is 0 Å². The molecule has 4 nitrogen and oxygen atoms in total. The maximum absolute atomic E-state index is 11.6. The molecule has 0 aliphatic rings. The van der Waals surface area contributed by atoms with Crippen molar-refractivity contribution < 1.29 is 9.90 Å². The Kier molecular flexibility index (Phi) is 9.24. The Morgan fingerprint density at radius 3 is 2.44 bits per heavy atom. The third-order valence-corrected chi connectivity index (χ3v) is 2.36. The van der Waals surface area contributed by atoms with Crippen molar-refractivity contribution in [3.05, 3.63) is 0 Å². The van der Waals surface area contributed by atoms with Crippen LogP contribution in [0.4, 0.5) is 0 Å². The third-order valence-electron chi connectivity index (χ3n) is 2.36.